The van der Waals surface area contributed by atoms with Crippen molar-refractivity contribution >= 4 is 5.69 Å². The van der Waals surface area contributed by atoms with Crippen LogP contribution in [0.3, 0.4) is 0 Å². The van der Waals surface area contributed by atoms with E-state index < -0.39 is 6.10 Å². The maximum atomic E-state index is 10.0. The third kappa shape index (κ3) is 3.72. The first-order valence-electron chi connectivity index (χ1n) is 6.26. The topological polar surface area (TPSA) is 91.1 Å². The lowest BCUT2D eigenvalue weighted by molar-refractivity contribution is 0.0921. The van der Waals surface area contributed by atoms with Crippen LogP contribution < -0.4 is 5.73 Å². The molecule has 1 aromatic heterocycles. The maximum absolute atomic E-state index is 10.0. The first-order chi connectivity index (χ1) is 8.69. The molecule has 1 saturated carbocycles. The molecule has 3 N–H and O–H groups in total. The number of aromatic nitrogens is 2. The predicted molar refractivity (Wildman–Crippen MR) is 67.5 cm³/mol. The maximum Gasteiger partial charge on any atom is 0.0862 e. The molecule has 6 nitrogen and oxygen atoms in total. The van der Waals surface area contributed by atoms with Crippen LogP contribution >= 0.6 is 0 Å². The number of nitrogen functional groups attached to an aromatic ring is 1. The molecule has 0 radical (unpaired) electrons. The summed E-state index contributed by atoms with van der Waals surface area (Å²) < 4.78 is 1.65. The van der Waals surface area contributed by atoms with Gasteiger partial charge in [0.15, 0.2) is 0 Å². The van der Waals surface area contributed by atoms with Crippen molar-refractivity contribution in [3.05, 3.63) is 12.4 Å². The number of nitrogens with two attached hydrogens (primary N) is 1. The van der Waals surface area contributed by atoms with E-state index in [0.717, 1.165) is 6.54 Å². The van der Waals surface area contributed by atoms with E-state index in [1.165, 1.54) is 12.8 Å². The molecule has 0 aromatic carbocycles. The van der Waals surface area contributed by atoms with Crippen LogP contribution in [0.4, 0.5) is 5.69 Å². The Hall–Kier alpha value is -1.58. The van der Waals surface area contributed by atoms with Gasteiger partial charge in [0.25, 0.3) is 0 Å². The monoisotopic (exact) mass is 249 g/mol. The van der Waals surface area contributed by atoms with E-state index in [4.69, 9.17) is 11.0 Å². The van der Waals surface area contributed by atoms with Gasteiger partial charge >= 0.3 is 0 Å². The molecule has 1 aromatic rings. The lowest BCUT2D eigenvalue weighted by atomic mass is 10.3. The van der Waals surface area contributed by atoms with E-state index in [1.807, 2.05) is 0 Å². The molecule has 0 amide bonds. The Morgan fingerprint density at radius 3 is 3.00 bits per heavy atom. The van der Waals surface area contributed by atoms with Crippen LogP contribution in [0.1, 0.15) is 19.3 Å². The smallest absolute Gasteiger partial charge is 0.0862 e. The highest BCUT2D eigenvalue weighted by Gasteiger charge is 2.29. The van der Waals surface area contributed by atoms with E-state index in [2.05, 4.69) is 16.1 Å². The highest BCUT2D eigenvalue weighted by molar-refractivity contribution is 5.30. The van der Waals surface area contributed by atoms with Crippen LogP contribution in [-0.2, 0) is 6.54 Å². The second kappa shape index (κ2) is 5.85. The molecule has 0 saturated heterocycles. The van der Waals surface area contributed by atoms with E-state index in [0.29, 0.717) is 31.2 Å². The van der Waals surface area contributed by atoms with Crippen molar-refractivity contribution in [2.24, 2.45) is 0 Å². The van der Waals surface area contributed by atoms with E-state index in [1.54, 1.807) is 17.1 Å². The van der Waals surface area contributed by atoms with E-state index in [-0.39, 0.29) is 0 Å². The Bertz CT molecular complexity index is 420. The zero-order valence-corrected chi connectivity index (χ0v) is 10.4. The minimum atomic E-state index is -0.483. The summed E-state index contributed by atoms with van der Waals surface area (Å²) in [5, 5.41) is 22.7. The van der Waals surface area contributed by atoms with Crippen molar-refractivity contribution in [1.82, 2.24) is 14.7 Å². The fourth-order valence-corrected chi connectivity index (χ4v) is 2.08. The molecule has 1 atom stereocenters. The Kier molecular flexibility index (Phi) is 4.18. The van der Waals surface area contributed by atoms with Gasteiger partial charge in [0, 0.05) is 31.7 Å². The summed E-state index contributed by atoms with van der Waals surface area (Å²) in [5.41, 5.74) is 6.17. The van der Waals surface area contributed by atoms with Crippen molar-refractivity contribution in [2.75, 3.05) is 18.8 Å². The lowest BCUT2D eigenvalue weighted by Gasteiger charge is -2.23. The summed E-state index contributed by atoms with van der Waals surface area (Å²) in [6.07, 6.45) is 5.65. The van der Waals surface area contributed by atoms with Crippen LogP contribution in [-0.4, -0.2) is 45.0 Å². The largest absolute Gasteiger partial charge is 0.396 e. The quantitative estimate of drug-likeness (QED) is 0.720. The van der Waals surface area contributed by atoms with Crippen LogP contribution in [0.15, 0.2) is 12.4 Å². The standard InChI is InChI=1S/C12H19N5O/c13-4-1-5-16(11-2-3-11)8-12(18)9-17-7-10(14)6-15-17/h6-7,11-12,18H,1-3,5,8-9,14H2. The first kappa shape index (κ1) is 12.9. The zero-order valence-electron chi connectivity index (χ0n) is 10.4. The molecule has 0 spiro atoms. The van der Waals surface area contributed by atoms with Crippen molar-refractivity contribution in [3.8, 4) is 6.07 Å². The van der Waals surface area contributed by atoms with Crippen molar-refractivity contribution in [2.45, 2.75) is 38.0 Å². The summed E-state index contributed by atoms with van der Waals surface area (Å²) in [7, 11) is 0. The molecule has 1 unspecified atom stereocenters. The molecular weight excluding hydrogens is 230 g/mol. The van der Waals surface area contributed by atoms with Gasteiger partial charge in [-0.3, -0.25) is 9.58 Å². The fraction of sp³-hybridized carbons (Fsp3) is 0.667. The molecule has 1 aliphatic rings. The molecule has 2 rings (SSSR count). The average Bonchev–Trinajstić information content (AvgIpc) is 3.09. The van der Waals surface area contributed by atoms with E-state index >= 15 is 0 Å². The van der Waals surface area contributed by atoms with Crippen molar-refractivity contribution < 1.29 is 5.11 Å². The van der Waals surface area contributed by atoms with Crippen LogP contribution in [0.25, 0.3) is 0 Å². The van der Waals surface area contributed by atoms with Crippen LogP contribution in [0.2, 0.25) is 0 Å². The number of nitriles is 1. The van der Waals surface area contributed by atoms with Gasteiger partial charge in [0.1, 0.15) is 0 Å². The predicted octanol–water partition coefficient (Wildman–Crippen LogP) is 0.204. The molecule has 18 heavy (non-hydrogen) atoms. The molecule has 1 heterocycles. The van der Waals surface area contributed by atoms with Crippen LogP contribution in [0.5, 0.6) is 0 Å². The zero-order chi connectivity index (χ0) is 13.0. The second-order valence-corrected chi connectivity index (χ2v) is 4.78. The first-order valence-corrected chi connectivity index (χ1v) is 6.26. The normalized spacial score (nSPS) is 16.7. The Morgan fingerprint density at radius 2 is 2.44 bits per heavy atom. The summed E-state index contributed by atoms with van der Waals surface area (Å²) in [6, 6.07) is 2.70. The SMILES string of the molecule is N#CCCN(CC(O)Cn1cc(N)cn1)C1CC1. The summed E-state index contributed by atoms with van der Waals surface area (Å²) >= 11 is 0. The average molecular weight is 249 g/mol. The fourth-order valence-electron chi connectivity index (χ4n) is 2.08. The summed E-state index contributed by atoms with van der Waals surface area (Å²) in [4.78, 5) is 2.20. The van der Waals surface area contributed by atoms with Gasteiger partial charge in [-0.25, -0.2) is 0 Å². The number of aliphatic hydroxyl groups is 1. The second-order valence-electron chi connectivity index (χ2n) is 4.78. The van der Waals surface area contributed by atoms with E-state index in [9.17, 15) is 5.11 Å². The number of hydrogen-bond acceptors (Lipinski definition) is 5. The van der Waals surface area contributed by atoms with Gasteiger partial charge in [-0.2, -0.15) is 10.4 Å². The van der Waals surface area contributed by atoms with Crippen LogP contribution in [0, 0.1) is 11.3 Å². The van der Waals surface area contributed by atoms with Gasteiger partial charge in [0.05, 0.1) is 30.6 Å². The number of nitrogens with zero attached hydrogens (tertiary/aromatic N) is 4. The highest BCUT2D eigenvalue weighted by atomic mass is 16.3. The highest BCUT2D eigenvalue weighted by Crippen LogP contribution is 2.27. The molecule has 1 aliphatic carbocycles. The Balaban J connectivity index is 1.81. The number of rotatable bonds is 7. The number of anilines is 1. The molecular formula is C12H19N5O. The van der Waals surface area contributed by atoms with Crippen molar-refractivity contribution in [1.29, 1.82) is 5.26 Å². The van der Waals surface area contributed by atoms with Gasteiger partial charge in [-0.1, -0.05) is 0 Å². The van der Waals surface area contributed by atoms with Gasteiger partial charge in [-0.05, 0) is 12.8 Å². The van der Waals surface area contributed by atoms with Gasteiger partial charge < -0.3 is 10.8 Å². The molecule has 0 aliphatic heterocycles. The number of aliphatic hydroxyl groups excluding tert-OH is 1. The van der Waals surface area contributed by atoms with Gasteiger partial charge in [-0.15, -0.1) is 0 Å². The third-order valence-electron chi connectivity index (χ3n) is 3.07. The Morgan fingerprint density at radius 1 is 1.67 bits per heavy atom. The van der Waals surface area contributed by atoms with Crippen molar-refractivity contribution in [3.63, 3.8) is 0 Å². The molecule has 6 heteroatoms. The minimum absolute atomic E-state index is 0.437. The molecule has 98 valence electrons. The Labute approximate surface area is 107 Å². The molecule has 1 fully saturated rings. The third-order valence-corrected chi connectivity index (χ3v) is 3.07. The number of hydrogen-bond donors (Lipinski definition) is 2. The summed E-state index contributed by atoms with van der Waals surface area (Å²) in [5.74, 6) is 0. The summed E-state index contributed by atoms with van der Waals surface area (Å²) in [6.45, 7) is 1.76. The minimum Gasteiger partial charge on any atom is -0.396 e. The lowest BCUT2D eigenvalue weighted by Crippen LogP contribution is -2.37. The van der Waals surface area contributed by atoms with Gasteiger partial charge in [0.2, 0.25) is 0 Å². The molecule has 0 bridgehead atoms.